The van der Waals surface area contributed by atoms with Crippen molar-refractivity contribution in [1.29, 1.82) is 0 Å². The summed E-state index contributed by atoms with van der Waals surface area (Å²) in [6.45, 7) is 1.92. The van der Waals surface area contributed by atoms with Crippen LogP contribution in [0.3, 0.4) is 0 Å². The number of nitrogens with zero attached hydrogens (tertiary/aromatic N) is 1. The van der Waals surface area contributed by atoms with E-state index in [2.05, 4.69) is 0 Å². The van der Waals surface area contributed by atoms with Crippen molar-refractivity contribution < 1.29 is 14.7 Å². The number of hydrogen-bond acceptors (Lipinski definition) is 4. The molecule has 4 nitrogen and oxygen atoms in total. The van der Waals surface area contributed by atoms with Gasteiger partial charge in [-0.25, -0.2) is 4.79 Å². The lowest BCUT2D eigenvalue weighted by atomic mass is 10.1. The van der Waals surface area contributed by atoms with Crippen LogP contribution in [-0.2, 0) is 9.59 Å². The van der Waals surface area contributed by atoms with E-state index < -0.39 is 12.0 Å². The van der Waals surface area contributed by atoms with Crippen LogP contribution < -0.4 is 0 Å². The molecule has 0 aromatic heterocycles. The summed E-state index contributed by atoms with van der Waals surface area (Å²) in [7, 11) is 0. The minimum Gasteiger partial charge on any atom is -0.480 e. The van der Waals surface area contributed by atoms with E-state index in [1.807, 2.05) is 6.92 Å². The van der Waals surface area contributed by atoms with Gasteiger partial charge in [0.25, 0.3) is 0 Å². The summed E-state index contributed by atoms with van der Waals surface area (Å²) in [5.74, 6) is 0.680. The zero-order valence-corrected chi connectivity index (χ0v) is 11.4. The number of amides is 1. The van der Waals surface area contributed by atoms with E-state index in [-0.39, 0.29) is 16.5 Å². The Kier molecular flexibility index (Phi) is 4.25. The Morgan fingerprint density at radius 2 is 2.06 bits per heavy atom. The van der Waals surface area contributed by atoms with Crippen LogP contribution >= 0.6 is 23.5 Å². The SMILES string of the molecule is CC1SCC(C(=O)O)N1C(=O)C1CCCCS1. The lowest BCUT2D eigenvalue weighted by molar-refractivity contribution is -0.148. The molecule has 6 heteroatoms. The second-order valence-electron chi connectivity index (χ2n) is 4.39. The summed E-state index contributed by atoms with van der Waals surface area (Å²) in [5.41, 5.74) is 0. The van der Waals surface area contributed by atoms with Gasteiger partial charge in [0.1, 0.15) is 6.04 Å². The maximum absolute atomic E-state index is 12.4. The Labute approximate surface area is 110 Å². The topological polar surface area (TPSA) is 57.6 Å². The first kappa shape index (κ1) is 13.1. The fraction of sp³-hybridized carbons (Fsp3) is 0.818. The van der Waals surface area contributed by atoms with E-state index in [9.17, 15) is 9.59 Å². The van der Waals surface area contributed by atoms with Crippen LogP contribution in [0.2, 0.25) is 0 Å². The molecular weight excluding hydrogens is 258 g/mol. The van der Waals surface area contributed by atoms with Gasteiger partial charge in [0.2, 0.25) is 5.91 Å². The summed E-state index contributed by atoms with van der Waals surface area (Å²) in [5, 5.41) is 9.10. The van der Waals surface area contributed by atoms with Gasteiger partial charge in [-0.15, -0.1) is 23.5 Å². The van der Waals surface area contributed by atoms with Crippen LogP contribution in [0.5, 0.6) is 0 Å². The van der Waals surface area contributed by atoms with Gasteiger partial charge in [-0.05, 0) is 25.5 Å². The Morgan fingerprint density at radius 3 is 2.65 bits per heavy atom. The molecule has 2 heterocycles. The van der Waals surface area contributed by atoms with Gasteiger partial charge >= 0.3 is 5.97 Å². The van der Waals surface area contributed by atoms with Gasteiger partial charge in [0.15, 0.2) is 0 Å². The molecule has 0 saturated carbocycles. The third-order valence-corrected chi connectivity index (χ3v) is 5.80. The third kappa shape index (κ3) is 2.73. The molecule has 2 saturated heterocycles. The quantitative estimate of drug-likeness (QED) is 0.830. The molecule has 1 N–H and O–H groups in total. The van der Waals surface area contributed by atoms with E-state index in [1.165, 1.54) is 6.42 Å². The summed E-state index contributed by atoms with van der Waals surface area (Å²) < 4.78 is 0. The lowest BCUT2D eigenvalue weighted by Crippen LogP contribution is -2.48. The standard InChI is InChI=1S/C11H17NO3S2/c1-7-12(8(6-17-7)11(14)15)10(13)9-4-2-3-5-16-9/h7-9H,2-6H2,1H3,(H,14,15). The third-order valence-electron chi connectivity index (χ3n) is 3.22. The minimum absolute atomic E-state index is 0.00822. The molecule has 1 amide bonds. The first-order valence-corrected chi connectivity index (χ1v) is 7.99. The molecular formula is C11H17NO3S2. The first-order chi connectivity index (χ1) is 8.11. The molecule has 0 bridgehead atoms. The predicted octanol–water partition coefficient (Wildman–Crippen LogP) is 1.65. The van der Waals surface area contributed by atoms with E-state index in [0.717, 1.165) is 18.6 Å². The molecule has 17 heavy (non-hydrogen) atoms. The van der Waals surface area contributed by atoms with Crippen molar-refractivity contribution in [1.82, 2.24) is 4.90 Å². The molecule has 2 aliphatic heterocycles. The maximum atomic E-state index is 12.4. The number of carboxylic acid groups (broad SMARTS) is 1. The van der Waals surface area contributed by atoms with Crippen molar-refractivity contribution >= 4 is 35.4 Å². The molecule has 96 valence electrons. The van der Waals surface area contributed by atoms with Crippen molar-refractivity contribution in [2.24, 2.45) is 0 Å². The molecule has 3 unspecified atom stereocenters. The fourth-order valence-corrected chi connectivity index (χ4v) is 4.70. The molecule has 2 aliphatic rings. The van der Waals surface area contributed by atoms with Crippen LogP contribution in [0.4, 0.5) is 0 Å². The Hall–Kier alpha value is -0.360. The number of thioether (sulfide) groups is 2. The van der Waals surface area contributed by atoms with Gasteiger partial charge in [0, 0.05) is 5.75 Å². The van der Waals surface area contributed by atoms with Gasteiger partial charge in [-0.2, -0.15) is 0 Å². The maximum Gasteiger partial charge on any atom is 0.327 e. The number of carbonyl (C=O) groups excluding carboxylic acids is 1. The summed E-state index contributed by atoms with van der Waals surface area (Å²) in [6, 6.07) is -0.634. The van der Waals surface area contributed by atoms with Crippen LogP contribution in [0, 0.1) is 0 Å². The average Bonchev–Trinajstić information content (AvgIpc) is 2.71. The van der Waals surface area contributed by atoms with Gasteiger partial charge < -0.3 is 10.0 Å². The van der Waals surface area contributed by atoms with Gasteiger partial charge in [-0.1, -0.05) is 6.42 Å². The van der Waals surface area contributed by atoms with Crippen molar-refractivity contribution in [3.8, 4) is 0 Å². The summed E-state index contributed by atoms with van der Waals surface area (Å²) >= 11 is 3.23. The number of carbonyl (C=O) groups is 2. The molecule has 3 atom stereocenters. The second kappa shape index (κ2) is 5.52. The van der Waals surface area contributed by atoms with Crippen LogP contribution in [0.25, 0.3) is 0 Å². The van der Waals surface area contributed by atoms with Crippen molar-refractivity contribution in [2.45, 2.75) is 42.9 Å². The van der Waals surface area contributed by atoms with Gasteiger partial charge in [0.05, 0.1) is 10.6 Å². The fourth-order valence-electron chi connectivity index (χ4n) is 2.27. The zero-order valence-electron chi connectivity index (χ0n) is 9.80. The van der Waals surface area contributed by atoms with Crippen LogP contribution in [0.15, 0.2) is 0 Å². The van der Waals surface area contributed by atoms with Crippen molar-refractivity contribution in [3.63, 3.8) is 0 Å². The summed E-state index contributed by atoms with van der Waals surface area (Å²) in [6.07, 6.45) is 3.14. The highest BCUT2D eigenvalue weighted by atomic mass is 32.2. The first-order valence-electron chi connectivity index (χ1n) is 5.89. The lowest BCUT2D eigenvalue weighted by Gasteiger charge is -2.30. The van der Waals surface area contributed by atoms with E-state index in [4.69, 9.17) is 5.11 Å². The zero-order chi connectivity index (χ0) is 12.4. The highest BCUT2D eigenvalue weighted by Crippen LogP contribution is 2.34. The summed E-state index contributed by atoms with van der Waals surface area (Å²) in [4.78, 5) is 25.1. The average molecular weight is 275 g/mol. The number of carboxylic acids is 1. The van der Waals surface area contributed by atoms with Gasteiger partial charge in [-0.3, -0.25) is 4.79 Å². The van der Waals surface area contributed by atoms with Crippen molar-refractivity contribution in [3.05, 3.63) is 0 Å². The molecule has 2 fully saturated rings. The molecule has 0 aromatic rings. The highest BCUT2D eigenvalue weighted by molar-refractivity contribution is 8.01. The molecule has 0 radical (unpaired) electrons. The van der Waals surface area contributed by atoms with Crippen molar-refractivity contribution in [2.75, 3.05) is 11.5 Å². The van der Waals surface area contributed by atoms with Crippen LogP contribution in [-0.4, -0.2) is 50.1 Å². The number of aliphatic carboxylic acids is 1. The Bertz CT molecular complexity index is 318. The van der Waals surface area contributed by atoms with E-state index >= 15 is 0 Å². The monoisotopic (exact) mass is 275 g/mol. The van der Waals surface area contributed by atoms with Crippen LogP contribution in [0.1, 0.15) is 26.2 Å². The molecule has 0 aliphatic carbocycles. The van der Waals surface area contributed by atoms with E-state index in [0.29, 0.717) is 5.75 Å². The largest absolute Gasteiger partial charge is 0.480 e. The molecule has 2 rings (SSSR count). The predicted molar refractivity (Wildman–Crippen MR) is 70.3 cm³/mol. The smallest absolute Gasteiger partial charge is 0.327 e. The van der Waals surface area contributed by atoms with E-state index in [1.54, 1.807) is 28.4 Å². The number of hydrogen-bond donors (Lipinski definition) is 1. The normalized spacial score (nSPS) is 33.7. The number of rotatable bonds is 2. The second-order valence-corrected chi connectivity index (χ2v) is 7.05. The Morgan fingerprint density at radius 1 is 1.29 bits per heavy atom. The Balaban J connectivity index is 2.07. The highest BCUT2D eigenvalue weighted by Gasteiger charge is 2.42. The molecule has 0 aromatic carbocycles. The minimum atomic E-state index is -0.879. The molecule has 0 spiro atoms.